The van der Waals surface area contributed by atoms with Crippen molar-refractivity contribution in [1.82, 2.24) is 4.98 Å². The molecule has 4 aromatic rings. The summed E-state index contributed by atoms with van der Waals surface area (Å²) in [5.41, 5.74) is 3.86. The van der Waals surface area contributed by atoms with Crippen LogP contribution in [-0.4, -0.2) is 17.5 Å². The van der Waals surface area contributed by atoms with E-state index in [1.807, 2.05) is 43.3 Å². The third kappa shape index (κ3) is 3.85. The summed E-state index contributed by atoms with van der Waals surface area (Å²) in [6.45, 7) is 1.83. The Kier molecular flexibility index (Phi) is 5.00. The van der Waals surface area contributed by atoms with Crippen LogP contribution >= 0.6 is 11.6 Å². The van der Waals surface area contributed by atoms with E-state index in [0.29, 0.717) is 33.5 Å². The highest BCUT2D eigenvalue weighted by Gasteiger charge is 2.15. The molecule has 0 radical (unpaired) electrons. The number of aryl methyl sites for hydroxylation is 1. The number of carbonyl (C=O) groups is 1. The molecule has 3 aromatic carbocycles. The van der Waals surface area contributed by atoms with Crippen LogP contribution in [0.3, 0.4) is 0 Å². The first-order valence-electron chi connectivity index (χ1n) is 8.74. The number of nitrogens with zero attached hydrogens (tertiary/aromatic N) is 1. The maximum absolute atomic E-state index is 12.2. The van der Waals surface area contributed by atoms with Crippen LogP contribution in [0.25, 0.3) is 22.6 Å². The van der Waals surface area contributed by atoms with Crippen LogP contribution in [0.15, 0.2) is 71.1 Å². The summed E-state index contributed by atoms with van der Waals surface area (Å²) in [4.78, 5) is 16.8. The quantitative estimate of drug-likeness (QED) is 0.488. The highest BCUT2D eigenvalue weighted by atomic mass is 35.5. The lowest BCUT2D eigenvalue weighted by Gasteiger charge is -2.10. The lowest BCUT2D eigenvalue weighted by atomic mass is 10.2. The van der Waals surface area contributed by atoms with Gasteiger partial charge in [-0.25, -0.2) is 4.98 Å². The number of hydrogen-bond donors (Lipinski definition) is 1. The Balaban J connectivity index is 1.53. The van der Waals surface area contributed by atoms with Gasteiger partial charge in [-0.3, -0.25) is 4.79 Å². The summed E-state index contributed by atoms with van der Waals surface area (Å²) < 4.78 is 11.6. The molecule has 0 saturated heterocycles. The fraction of sp³-hybridized carbons (Fsp3) is 0.0909. The number of fused-ring (bicyclic) bond motifs is 1. The molecule has 0 saturated carbocycles. The smallest absolute Gasteiger partial charge is 0.262 e. The van der Waals surface area contributed by atoms with Crippen molar-refractivity contribution in [1.29, 1.82) is 0 Å². The average Bonchev–Trinajstić information content (AvgIpc) is 3.12. The highest BCUT2D eigenvalue weighted by Crippen LogP contribution is 2.32. The molecule has 1 aromatic heterocycles. The molecule has 6 heteroatoms. The van der Waals surface area contributed by atoms with Crippen molar-refractivity contribution in [2.45, 2.75) is 6.92 Å². The molecule has 1 amide bonds. The molecule has 0 aliphatic carbocycles. The third-order valence-corrected chi connectivity index (χ3v) is 4.44. The van der Waals surface area contributed by atoms with Crippen molar-refractivity contribution < 1.29 is 13.9 Å². The molecular formula is C22H17ClN2O3. The van der Waals surface area contributed by atoms with Crippen LogP contribution in [0.5, 0.6) is 5.75 Å². The predicted molar refractivity (Wildman–Crippen MR) is 110 cm³/mol. The molecule has 5 nitrogen and oxygen atoms in total. The van der Waals surface area contributed by atoms with E-state index in [-0.39, 0.29) is 12.5 Å². The Bertz CT molecular complexity index is 1150. The number of para-hydroxylation sites is 2. The van der Waals surface area contributed by atoms with Gasteiger partial charge in [0, 0.05) is 10.7 Å². The molecule has 0 bridgehead atoms. The molecule has 0 unspecified atom stereocenters. The van der Waals surface area contributed by atoms with Crippen molar-refractivity contribution in [2.24, 2.45) is 0 Å². The number of rotatable bonds is 5. The van der Waals surface area contributed by atoms with Gasteiger partial charge in [0.15, 0.2) is 12.2 Å². The molecule has 0 fully saturated rings. The van der Waals surface area contributed by atoms with E-state index in [1.165, 1.54) is 0 Å². The minimum atomic E-state index is -0.287. The van der Waals surface area contributed by atoms with E-state index in [9.17, 15) is 4.79 Å². The summed E-state index contributed by atoms with van der Waals surface area (Å²) in [6.07, 6.45) is 0. The monoisotopic (exact) mass is 392 g/mol. The Morgan fingerprint density at radius 1 is 1.11 bits per heavy atom. The van der Waals surface area contributed by atoms with Gasteiger partial charge in [-0.15, -0.1) is 0 Å². The number of aromatic nitrogens is 1. The molecular weight excluding hydrogens is 376 g/mol. The fourth-order valence-corrected chi connectivity index (χ4v) is 3.07. The Labute approximate surface area is 166 Å². The number of anilines is 1. The van der Waals surface area contributed by atoms with Gasteiger partial charge in [0.05, 0.1) is 5.56 Å². The fourth-order valence-electron chi connectivity index (χ4n) is 2.88. The Morgan fingerprint density at radius 2 is 1.93 bits per heavy atom. The van der Waals surface area contributed by atoms with Gasteiger partial charge in [0.25, 0.3) is 5.91 Å². The zero-order chi connectivity index (χ0) is 19.5. The van der Waals surface area contributed by atoms with Crippen LogP contribution in [0.1, 0.15) is 5.56 Å². The number of oxazole rings is 1. The molecule has 0 aliphatic rings. The summed E-state index contributed by atoms with van der Waals surface area (Å²) in [5, 5.41) is 3.30. The van der Waals surface area contributed by atoms with E-state index < -0.39 is 0 Å². The maximum atomic E-state index is 12.2. The van der Waals surface area contributed by atoms with Crippen LogP contribution in [0.4, 0.5) is 5.69 Å². The first-order chi connectivity index (χ1) is 13.6. The second-order valence-electron chi connectivity index (χ2n) is 6.28. The SMILES string of the molecule is Cc1cccc2oc(-c3ccccc3OCC(=O)Nc3cccc(Cl)c3)nc12. The number of nitrogens with one attached hydrogen (secondary N) is 1. The van der Waals surface area contributed by atoms with Gasteiger partial charge in [-0.2, -0.15) is 0 Å². The number of hydrogen-bond acceptors (Lipinski definition) is 4. The van der Waals surface area contributed by atoms with Crippen LogP contribution in [0.2, 0.25) is 5.02 Å². The van der Waals surface area contributed by atoms with E-state index in [2.05, 4.69) is 10.3 Å². The topological polar surface area (TPSA) is 64.4 Å². The summed E-state index contributed by atoms with van der Waals surface area (Å²) in [6, 6.07) is 20.1. The van der Waals surface area contributed by atoms with E-state index >= 15 is 0 Å². The number of halogens is 1. The van der Waals surface area contributed by atoms with Crippen molar-refractivity contribution >= 4 is 34.3 Å². The minimum absolute atomic E-state index is 0.150. The average molecular weight is 393 g/mol. The van der Waals surface area contributed by atoms with Gasteiger partial charge in [0.2, 0.25) is 5.89 Å². The Hall–Kier alpha value is -3.31. The zero-order valence-corrected chi connectivity index (χ0v) is 15.9. The van der Waals surface area contributed by atoms with Crippen LogP contribution in [0, 0.1) is 6.92 Å². The molecule has 0 aliphatic heterocycles. The second kappa shape index (κ2) is 7.74. The molecule has 1 N–H and O–H groups in total. The molecule has 4 rings (SSSR count). The van der Waals surface area contributed by atoms with Gasteiger partial charge < -0.3 is 14.5 Å². The number of amides is 1. The van der Waals surface area contributed by atoms with Crippen molar-refractivity contribution in [3.63, 3.8) is 0 Å². The minimum Gasteiger partial charge on any atom is -0.483 e. The predicted octanol–water partition coefficient (Wildman–Crippen LogP) is 5.47. The van der Waals surface area contributed by atoms with Gasteiger partial charge in [-0.05, 0) is 48.9 Å². The first kappa shape index (κ1) is 18.1. The van der Waals surface area contributed by atoms with Gasteiger partial charge in [0.1, 0.15) is 11.3 Å². The zero-order valence-electron chi connectivity index (χ0n) is 15.1. The summed E-state index contributed by atoms with van der Waals surface area (Å²) >= 11 is 5.93. The number of ether oxygens (including phenoxy) is 1. The maximum Gasteiger partial charge on any atom is 0.262 e. The molecule has 1 heterocycles. The summed E-state index contributed by atoms with van der Waals surface area (Å²) in [7, 11) is 0. The molecule has 0 atom stereocenters. The lowest BCUT2D eigenvalue weighted by molar-refractivity contribution is -0.118. The van der Waals surface area contributed by atoms with Crippen LogP contribution < -0.4 is 10.1 Å². The lowest BCUT2D eigenvalue weighted by Crippen LogP contribution is -2.20. The van der Waals surface area contributed by atoms with E-state index in [1.54, 1.807) is 30.3 Å². The van der Waals surface area contributed by atoms with Crippen molar-refractivity contribution in [3.8, 4) is 17.2 Å². The Morgan fingerprint density at radius 3 is 2.75 bits per heavy atom. The second-order valence-corrected chi connectivity index (χ2v) is 6.72. The number of benzene rings is 3. The van der Waals surface area contributed by atoms with Crippen molar-refractivity contribution in [2.75, 3.05) is 11.9 Å². The van der Waals surface area contributed by atoms with Crippen LogP contribution in [-0.2, 0) is 4.79 Å². The third-order valence-electron chi connectivity index (χ3n) is 4.21. The first-order valence-corrected chi connectivity index (χ1v) is 9.12. The van der Waals surface area contributed by atoms with Gasteiger partial charge >= 0.3 is 0 Å². The highest BCUT2D eigenvalue weighted by molar-refractivity contribution is 6.30. The largest absolute Gasteiger partial charge is 0.483 e. The summed E-state index contributed by atoms with van der Waals surface area (Å²) in [5.74, 6) is 0.689. The normalized spacial score (nSPS) is 10.8. The number of carbonyl (C=O) groups excluding carboxylic acids is 1. The van der Waals surface area contributed by atoms with Crippen molar-refractivity contribution in [3.05, 3.63) is 77.3 Å². The standard InChI is InChI=1S/C22H17ClN2O3/c1-14-6-4-11-19-21(14)25-22(28-19)17-9-2-3-10-18(17)27-13-20(26)24-16-8-5-7-15(23)12-16/h2-12H,13H2,1H3,(H,24,26). The van der Waals surface area contributed by atoms with E-state index in [4.69, 9.17) is 20.8 Å². The van der Waals surface area contributed by atoms with E-state index in [0.717, 1.165) is 11.1 Å². The molecule has 0 spiro atoms. The van der Waals surface area contributed by atoms with Gasteiger partial charge in [-0.1, -0.05) is 41.9 Å². The molecule has 140 valence electrons. The molecule has 28 heavy (non-hydrogen) atoms.